The zero-order valence-corrected chi connectivity index (χ0v) is 16.0. The first-order valence-electron chi connectivity index (χ1n) is 7.99. The van der Waals surface area contributed by atoms with Gasteiger partial charge in [0.05, 0.1) is 26.6 Å². The fourth-order valence-electron chi connectivity index (χ4n) is 2.37. The van der Waals surface area contributed by atoms with Gasteiger partial charge in [-0.2, -0.15) is 0 Å². The number of hydrogen-bond donors (Lipinski definition) is 3. The second-order valence-corrected chi connectivity index (χ2v) is 7.54. The third-order valence-electron chi connectivity index (χ3n) is 3.70. The van der Waals surface area contributed by atoms with Crippen LogP contribution in [0.1, 0.15) is 22.0 Å². The van der Waals surface area contributed by atoms with Crippen LogP contribution < -0.4 is 19.5 Å². The molecular weight excluding hydrogens is 372 g/mol. The van der Waals surface area contributed by atoms with Gasteiger partial charge in [-0.15, -0.1) is 0 Å². The number of aliphatic hydroxyl groups is 1. The lowest BCUT2D eigenvalue weighted by Gasteiger charge is -2.15. The first-order valence-corrected chi connectivity index (χ1v) is 9.88. The van der Waals surface area contributed by atoms with Gasteiger partial charge in [0.1, 0.15) is 0 Å². The first-order chi connectivity index (χ1) is 12.7. The maximum Gasteiger partial charge on any atom is 0.251 e. The maximum absolute atomic E-state index is 12.2. The molecule has 2 aromatic carbocycles. The van der Waals surface area contributed by atoms with Crippen molar-refractivity contribution in [3.05, 3.63) is 53.6 Å². The molecule has 27 heavy (non-hydrogen) atoms. The summed E-state index contributed by atoms with van der Waals surface area (Å²) in [6.07, 6.45) is 0.114. The van der Waals surface area contributed by atoms with Crippen LogP contribution in [0, 0.1) is 0 Å². The molecule has 146 valence electrons. The molecule has 0 aliphatic heterocycles. The molecule has 0 heterocycles. The fourth-order valence-corrected chi connectivity index (χ4v) is 2.94. The molecule has 0 saturated heterocycles. The number of anilines is 1. The Labute approximate surface area is 158 Å². The zero-order chi connectivity index (χ0) is 20.0. The minimum Gasteiger partial charge on any atom is -0.493 e. The minimum atomic E-state index is -3.38. The van der Waals surface area contributed by atoms with Crippen molar-refractivity contribution in [2.45, 2.75) is 6.10 Å². The molecule has 0 aromatic heterocycles. The van der Waals surface area contributed by atoms with Crippen molar-refractivity contribution < 1.29 is 27.8 Å². The number of aliphatic hydroxyl groups excluding tert-OH is 1. The second kappa shape index (κ2) is 8.74. The van der Waals surface area contributed by atoms with Crippen molar-refractivity contribution >= 4 is 21.6 Å². The number of carbonyl (C=O) groups excluding carboxylic acids is 1. The summed E-state index contributed by atoms with van der Waals surface area (Å²) in [5.74, 6) is 0.634. The van der Waals surface area contributed by atoms with E-state index in [4.69, 9.17) is 9.47 Å². The number of benzene rings is 2. The van der Waals surface area contributed by atoms with Gasteiger partial charge in [0.15, 0.2) is 11.5 Å². The summed E-state index contributed by atoms with van der Waals surface area (Å²) < 4.78 is 35.0. The van der Waals surface area contributed by atoms with Gasteiger partial charge in [-0.3, -0.25) is 9.52 Å². The Morgan fingerprint density at radius 1 is 1.07 bits per heavy atom. The van der Waals surface area contributed by atoms with Gasteiger partial charge in [0.2, 0.25) is 10.0 Å². The molecule has 2 aromatic rings. The molecule has 0 radical (unpaired) electrons. The van der Waals surface area contributed by atoms with E-state index in [1.807, 2.05) is 0 Å². The predicted octanol–water partition coefficient (Wildman–Crippen LogP) is 1.54. The van der Waals surface area contributed by atoms with E-state index in [2.05, 4.69) is 10.0 Å². The molecule has 1 unspecified atom stereocenters. The van der Waals surface area contributed by atoms with Crippen LogP contribution in [0.3, 0.4) is 0 Å². The smallest absolute Gasteiger partial charge is 0.251 e. The minimum absolute atomic E-state index is 0.00232. The van der Waals surface area contributed by atoms with E-state index in [0.29, 0.717) is 28.3 Å². The molecule has 8 nitrogen and oxygen atoms in total. The molecule has 0 aliphatic rings. The Morgan fingerprint density at radius 3 is 2.26 bits per heavy atom. The van der Waals surface area contributed by atoms with E-state index >= 15 is 0 Å². The number of nitrogens with one attached hydrogen (secondary N) is 2. The van der Waals surface area contributed by atoms with Crippen molar-refractivity contribution in [2.75, 3.05) is 31.7 Å². The highest BCUT2D eigenvalue weighted by atomic mass is 32.2. The van der Waals surface area contributed by atoms with E-state index in [1.165, 1.54) is 38.5 Å². The summed E-state index contributed by atoms with van der Waals surface area (Å²) in [5, 5.41) is 12.9. The van der Waals surface area contributed by atoms with Gasteiger partial charge >= 0.3 is 0 Å². The van der Waals surface area contributed by atoms with Gasteiger partial charge in [-0.1, -0.05) is 6.07 Å². The van der Waals surface area contributed by atoms with Crippen LogP contribution in [0.25, 0.3) is 0 Å². The highest BCUT2D eigenvalue weighted by Crippen LogP contribution is 2.29. The van der Waals surface area contributed by atoms with Crippen molar-refractivity contribution in [2.24, 2.45) is 0 Å². The standard InChI is InChI=1S/C18H22N2O6S/c1-25-16-9-6-13(10-17(16)26-2)15(21)11-19-18(22)12-4-7-14(8-5-12)20-27(3,23)24/h4-10,15,20-21H,11H2,1-3H3,(H,19,22). The van der Waals surface area contributed by atoms with Gasteiger partial charge < -0.3 is 19.9 Å². The highest BCUT2D eigenvalue weighted by Gasteiger charge is 2.14. The Bertz CT molecular complexity index is 897. The summed E-state index contributed by atoms with van der Waals surface area (Å²) in [4.78, 5) is 12.2. The number of sulfonamides is 1. The van der Waals surface area contributed by atoms with Crippen molar-refractivity contribution in [1.29, 1.82) is 0 Å². The topological polar surface area (TPSA) is 114 Å². The molecule has 9 heteroatoms. The second-order valence-electron chi connectivity index (χ2n) is 5.79. The van der Waals surface area contributed by atoms with E-state index in [1.54, 1.807) is 18.2 Å². The fraction of sp³-hybridized carbons (Fsp3) is 0.278. The number of methoxy groups -OCH3 is 2. The summed E-state index contributed by atoms with van der Waals surface area (Å²) in [5.41, 5.74) is 1.27. The van der Waals surface area contributed by atoms with E-state index in [-0.39, 0.29) is 12.5 Å². The number of ether oxygens (including phenoxy) is 2. The quantitative estimate of drug-likeness (QED) is 0.626. The van der Waals surface area contributed by atoms with E-state index in [9.17, 15) is 18.3 Å². The van der Waals surface area contributed by atoms with Crippen LogP contribution in [0.4, 0.5) is 5.69 Å². The predicted molar refractivity (Wildman–Crippen MR) is 102 cm³/mol. The lowest BCUT2D eigenvalue weighted by molar-refractivity contribution is 0.0916. The van der Waals surface area contributed by atoms with Crippen molar-refractivity contribution in [3.8, 4) is 11.5 Å². The van der Waals surface area contributed by atoms with Crippen molar-refractivity contribution in [1.82, 2.24) is 5.32 Å². The van der Waals surface area contributed by atoms with Gasteiger partial charge in [-0.05, 0) is 42.0 Å². The number of hydrogen-bond acceptors (Lipinski definition) is 6. The SMILES string of the molecule is COc1ccc(C(O)CNC(=O)c2ccc(NS(C)(=O)=O)cc2)cc1OC. The van der Waals surface area contributed by atoms with Crippen LogP contribution in [0.2, 0.25) is 0 Å². The van der Waals surface area contributed by atoms with Crippen LogP contribution in [-0.2, 0) is 10.0 Å². The average molecular weight is 394 g/mol. The highest BCUT2D eigenvalue weighted by molar-refractivity contribution is 7.92. The molecule has 0 saturated carbocycles. The van der Waals surface area contributed by atoms with Crippen molar-refractivity contribution in [3.63, 3.8) is 0 Å². The molecule has 1 amide bonds. The normalized spacial score (nSPS) is 12.1. The monoisotopic (exact) mass is 394 g/mol. The summed E-state index contributed by atoms with van der Waals surface area (Å²) in [6.45, 7) is -0.00232. The van der Waals surface area contributed by atoms with Gasteiger partial charge in [0, 0.05) is 17.8 Å². The molecule has 0 spiro atoms. The first kappa shape index (κ1) is 20.5. The lowest BCUT2D eigenvalue weighted by atomic mass is 10.1. The number of rotatable bonds is 8. The third-order valence-corrected chi connectivity index (χ3v) is 4.31. The molecule has 2 rings (SSSR count). The van der Waals surface area contributed by atoms with Crippen LogP contribution in [0.15, 0.2) is 42.5 Å². The summed E-state index contributed by atoms with van der Waals surface area (Å²) in [6, 6.07) is 11.0. The largest absolute Gasteiger partial charge is 0.493 e. The van der Waals surface area contributed by atoms with Crippen LogP contribution >= 0.6 is 0 Å². The molecule has 0 aliphatic carbocycles. The molecule has 3 N–H and O–H groups in total. The summed E-state index contributed by atoms with van der Waals surface area (Å²) in [7, 11) is -0.359. The molecular formula is C18H22N2O6S. The van der Waals surface area contributed by atoms with Crippen LogP contribution in [0.5, 0.6) is 11.5 Å². The lowest BCUT2D eigenvalue weighted by Crippen LogP contribution is -2.28. The Hall–Kier alpha value is -2.78. The number of carbonyl (C=O) groups is 1. The zero-order valence-electron chi connectivity index (χ0n) is 15.2. The molecule has 1 atom stereocenters. The molecule has 0 fully saturated rings. The Kier molecular flexibility index (Phi) is 6.65. The maximum atomic E-state index is 12.2. The summed E-state index contributed by atoms with van der Waals surface area (Å²) >= 11 is 0. The van der Waals surface area contributed by atoms with E-state index < -0.39 is 16.1 Å². The average Bonchev–Trinajstić information content (AvgIpc) is 2.64. The third kappa shape index (κ3) is 5.87. The molecule has 0 bridgehead atoms. The van der Waals surface area contributed by atoms with E-state index in [0.717, 1.165) is 6.26 Å². The Balaban J connectivity index is 1.98. The van der Waals surface area contributed by atoms with Gasteiger partial charge in [-0.25, -0.2) is 8.42 Å². The van der Waals surface area contributed by atoms with Crippen LogP contribution in [-0.4, -0.2) is 46.5 Å². The Morgan fingerprint density at radius 2 is 1.70 bits per heavy atom. The van der Waals surface area contributed by atoms with Gasteiger partial charge in [0.25, 0.3) is 5.91 Å². The number of amides is 1.